The lowest BCUT2D eigenvalue weighted by atomic mass is 10.1. The number of nitrogens with zero attached hydrogens (tertiary/aromatic N) is 3. The maximum Gasteiger partial charge on any atom is 0.137 e. The lowest BCUT2D eigenvalue weighted by Gasteiger charge is -2.11. The lowest BCUT2D eigenvalue weighted by Crippen LogP contribution is -2.09. The molecule has 0 aliphatic carbocycles. The maximum atomic E-state index is 13.4. The van der Waals surface area contributed by atoms with Gasteiger partial charge in [0.1, 0.15) is 24.3 Å². The highest BCUT2D eigenvalue weighted by Gasteiger charge is 2.10. The summed E-state index contributed by atoms with van der Waals surface area (Å²) in [5, 5.41) is 3.97. The number of benzene rings is 1. The molecule has 0 radical (unpaired) electrons. The number of rotatable bonds is 3. The summed E-state index contributed by atoms with van der Waals surface area (Å²) < 4.78 is 27.7. The molecule has 5 heteroatoms. The Kier molecular flexibility index (Phi) is 2.94. The van der Waals surface area contributed by atoms with E-state index >= 15 is 0 Å². The first kappa shape index (κ1) is 10.7. The molecule has 0 bridgehead atoms. The fourth-order valence-electron chi connectivity index (χ4n) is 1.54. The normalized spacial score (nSPS) is 12.7. The predicted molar refractivity (Wildman–Crippen MR) is 54.8 cm³/mol. The van der Waals surface area contributed by atoms with E-state index in [1.807, 2.05) is 6.92 Å². The predicted octanol–water partition coefficient (Wildman–Crippen LogP) is 2.36. The smallest absolute Gasteiger partial charge is 0.137 e. The van der Waals surface area contributed by atoms with E-state index in [2.05, 4.69) is 10.1 Å². The molecule has 0 saturated heterocycles. The van der Waals surface area contributed by atoms with Crippen LogP contribution in [-0.4, -0.2) is 14.8 Å². The van der Waals surface area contributed by atoms with Crippen molar-refractivity contribution in [3.8, 4) is 0 Å². The minimum atomic E-state index is -0.561. The Hall–Kier alpha value is -1.78. The molecule has 0 amide bonds. The molecule has 1 unspecified atom stereocenters. The molecule has 0 fully saturated rings. The SMILES string of the molecule is CC(Cc1ccc(F)cc1F)n1cncn1. The number of hydrogen-bond acceptors (Lipinski definition) is 2. The van der Waals surface area contributed by atoms with Gasteiger partial charge in [0.05, 0.1) is 6.04 Å². The molecule has 0 spiro atoms. The molecular weight excluding hydrogens is 212 g/mol. The molecule has 2 rings (SSSR count). The largest absolute Gasteiger partial charge is 0.250 e. The molecule has 1 heterocycles. The fourth-order valence-corrected chi connectivity index (χ4v) is 1.54. The van der Waals surface area contributed by atoms with Crippen molar-refractivity contribution in [1.82, 2.24) is 14.8 Å². The van der Waals surface area contributed by atoms with Crippen LogP contribution in [-0.2, 0) is 6.42 Å². The molecule has 84 valence electrons. The van der Waals surface area contributed by atoms with Gasteiger partial charge in [0.2, 0.25) is 0 Å². The van der Waals surface area contributed by atoms with Crippen molar-refractivity contribution in [3.05, 3.63) is 48.1 Å². The average Bonchev–Trinajstić information content (AvgIpc) is 2.75. The topological polar surface area (TPSA) is 30.7 Å². The van der Waals surface area contributed by atoms with Crippen LogP contribution in [0.4, 0.5) is 8.78 Å². The Morgan fingerprint density at radius 3 is 2.81 bits per heavy atom. The third-order valence-corrected chi connectivity index (χ3v) is 2.42. The van der Waals surface area contributed by atoms with Gasteiger partial charge in [0, 0.05) is 6.07 Å². The quantitative estimate of drug-likeness (QED) is 0.799. The molecule has 0 N–H and O–H groups in total. The highest BCUT2D eigenvalue weighted by atomic mass is 19.1. The van der Waals surface area contributed by atoms with Crippen LogP contribution in [0.25, 0.3) is 0 Å². The minimum absolute atomic E-state index is 0.0116. The molecule has 0 aliphatic heterocycles. The molecule has 1 aromatic carbocycles. The Morgan fingerprint density at radius 2 is 2.19 bits per heavy atom. The zero-order valence-corrected chi connectivity index (χ0v) is 8.77. The van der Waals surface area contributed by atoms with Crippen molar-refractivity contribution in [2.75, 3.05) is 0 Å². The van der Waals surface area contributed by atoms with Crippen LogP contribution in [0.3, 0.4) is 0 Å². The zero-order valence-electron chi connectivity index (χ0n) is 8.77. The van der Waals surface area contributed by atoms with Crippen molar-refractivity contribution in [3.63, 3.8) is 0 Å². The third-order valence-electron chi connectivity index (χ3n) is 2.42. The van der Waals surface area contributed by atoms with Crippen molar-refractivity contribution >= 4 is 0 Å². The van der Waals surface area contributed by atoms with Gasteiger partial charge in [0.15, 0.2) is 0 Å². The second-order valence-corrected chi connectivity index (χ2v) is 3.66. The molecule has 2 aromatic rings. The van der Waals surface area contributed by atoms with Crippen molar-refractivity contribution in [2.45, 2.75) is 19.4 Å². The Bertz CT molecular complexity index is 468. The van der Waals surface area contributed by atoms with E-state index < -0.39 is 11.6 Å². The van der Waals surface area contributed by atoms with E-state index in [1.54, 1.807) is 11.0 Å². The first-order chi connectivity index (χ1) is 7.66. The van der Waals surface area contributed by atoms with E-state index in [9.17, 15) is 8.78 Å². The summed E-state index contributed by atoms with van der Waals surface area (Å²) in [6, 6.07) is 3.59. The third kappa shape index (κ3) is 2.24. The summed E-state index contributed by atoms with van der Waals surface area (Å²) >= 11 is 0. The van der Waals surface area contributed by atoms with E-state index in [0.717, 1.165) is 6.07 Å². The molecule has 0 aliphatic rings. The standard InChI is InChI=1S/C11H11F2N3/c1-8(16-7-14-6-15-16)4-9-2-3-10(12)5-11(9)13/h2-3,5-8H,4H2,1H3. The Morgan fingerprint density at radius 1 is 1.38 bits per heavy atom. The summed E-state index contributed by atoms with van der Waals surface area (Å²) in [7, 11) is 0. The molecule has 0 saturated carbocycles. The van der Waals surface area contributed by atoms with Crippen LogP contribution in [0.2, 0.25) is 0 Å². The molecule has 1 atom stereocenters. The highest BCUT2D eigenvalue weighted by molar-refractivity contribution is 5.19. The van der Waals surface area contributed by atoms with Crippen molar-refractivity contribution in [1.29, 1.82) is 0 Å². The second-order valence-electron chi connectivity index (χ2n) is 3.66. The van der Waals surface area contributed by atoms with E-state index in [1.165, 1.54) is 18.5 Å². The first-order valence-corrected chi connectivity index (χ1v) is 4.95. The van der Waals surface area contributed by atoms with Gasteiger partial charge in [-0.05, 0) is 25.0 Å². The highest BCUT2D eigenvalue weighted by Crippen LogP contribution is 2.16. The van der Waals surface area contributed by atoms with Crippen LogP contribution >= 0.6 is 0 Å². The Balaban J connectivity index is 2.15. The van der Waals surface area contributed by atoms with E-state index in [-0.39, 0.29) is 6.04 Å². The van der Waals surface area contributed by atoms with Gasteiger partial charge in [-0.25, -0.2) is 18.4 Å². The minimum Gasteiger partial charge on any atom is -0.250 e. The summed E-state index contributed by atoms with van der Waals surface area (Å²) in [5.41, 5.74) is 0.476. The van der Waals surface area contributed by atoms with Crippen LogP contribution in [0.15, 0.2) is 30.9 Å². The first-order valence-electron chi connectivity index (χ1n) is 4.95. The summed E-state index contributed by atoms with van der Waals surface area (Å²) in [6.45, 7) is 1.90. The van der Waals surface area contributed by atoms with Crippen LogP contribution < -0.4 is 0 Å². The van der Waals surface area contributed by atoms with Gasteiger partial charge >= 0.3 is 0 Å². The van der Waals surface area contributed by atoms with Crippen molar-refractivity contribution < 1.29 is 8.78 Å². The number of halogens is 2. The van der Waals surface area contributed by atoms with Gasteiger partial charge < -0.3 is 0 Å². The molecular formula is C11H11F2N3. The van der Waals surface area contributed by atoms with Gasteiger partial charge in [-0.1, -0.05) is 6.07 Å². The van der Waals surface area contributed by atoms with Gasteiger partial charge in [-0.3, -0.25) is 0 Å². The molecule has 3 nitrogen and oxygen atoms in total. The summed E-state index contributed by atoms with van der Waals surface area (Å²) in [6.07, 6.45) is 3.46. The summed E-state index contributed by atoms with van der Waals surface area (Å²) in [5.74, 6) is -1.08. The second kappa shape index (κ2) is 4.38. The zero-order chi connectivity index (χ0) is 11.5. The van der Waals surface area contributed by atoms with E-state index in [0.29, 0.717) is 12.0 Å². The van der Waals surface area contributed by atoms with Gasteiger partial charge in [0.25, 0.3) is 0 Å². The summed E-state index contributed by atoms with van der Waals surface area (Å²) in [4.78, 5) is 3.82. The average molecular weight is 223 g/mol. The molecule has 16 heavy (non-hydrogen) atoms. The van der Waals surface area contributed by atoms with Crippen LogP contribution in [0.5, 0.6) is 0 Å². The Labute approximate surface area is 91.7 Å². The fraction of sp³-hybridized carbons (Fsp3) is 0.273. The number of hydrogen-bond donors (Lipinski definition) is 0. The van der Waals surface area contributed by atoms with Gasteiger partial charge in [-0.15, -0.1) is 0 Å². The molecule has 1 aromatic heterocycles. The van der Waals surface area contributed by atoms with Crippen molar-refractivity contribution in [2.24, 2.45) is 0 Å². The lowest BCUT2D eigenvalue weighted by molar-refractivity contribution is 0.473. The van der Waals surface area contributed by atoms with Gasteiger partial charge in [-0.2, -0.15) is 5.10 Å². The number of aromatic nitrogens is 3. The van der Waals surface area contributed by atoms with Crippen LogP contribution in [0.1, 0.15) is 18.5 Å². The van der Waals surface area contributed by atoms with E-state index in [4.69, 9.17) is 0 Å². The monoisotopic (exact) mass is 223 g/mol. The van der Waals surface area contributed by atoms with Crippen LogP contribution in [0, 0.1) is 11.6 Å². The maximum absolute atomic E-state index is 13.4.